The minimum atomic E-state index is -0.721. The Hall–Kier alpha value is -1.27. The van der Waals surface area contributed by atoms with Crippen molar-refractivity contribution in [2.45, 2.75) is 19.1 Å². The van der Waals surface area contributed by atoms with Gasteiger partial charge < -0.3 is 19.8 Å². The number of aliphatic imine (C=N–C) groups is 1. The van der Waals surface area contributed by atoms with E-state index in [0.29, 0.717) is 21.5 Å². The maximum atomic E-state index is 10.4. The lowest BCUT2D eigenvalue weighted by Gasteiger charge is -2.31. The predicted molar refractivity (Wildman–Crippen MR) is 70.4 cm³/mol. The highest BCUT2D eigenvalue weighted by molar-refractivity contribution is 9.10. The zero-order valence-electron chi connectivity index (χ0n) is 9.85. The van der Waals surface area contributed by atoms with Crippen molar-refractivity contribution in [1.82, 2.24) is 4.90 Å². The van der Waals surface area contributed by atoms with Gasteiger partial charge >= 0.3 is 0 Å². The minimum absolute atomic E-state index is 0.0132. The monoisotopic (exact) mass is 312 g/mol. The standard InChI is InChI=1S/C12H13BrN2O3/c1-18-11-9-6(5-7(13)10(11)16)12(17)15-4-2-3-8(15)14-9/h5,12,16-17H,2-4H2,1H3. The molecule has 18 heavy (non-hydrogen) atoms. The van der Waals surface area contributed by atoms with Gasteiger partial charge in [-0.15, -0.1) is 0 Å². The average Bonchev–Trinajstić information content (AvgIpc) is 2.81. The predicted octanol–water partition coefficient (Wildman–Crippen LogP) is 2.29. The van der Waals surface area contributed by atoms with Crippen LogP contribution in [0.5, 0.6) is 11.5 Å². The highest BCUT2D eigenvalue weighted by atomic mass is 79.9. The normalized spacial score (nSPS) is 21.4. The van der Waals surface area contributed by atoms with Gasteiger partial charge in [0, 0.05) is 18.5 Å². The zero-order valence-corrected chi connectivity index (χ0v) is 11.4. The Morgan fingerprint density at radius 2 is 2.33 bits per heavy atom. The van der Waals surface area contributed by atoms with Crippen LogP contribution in [-0.4, -0.2) is 34.6 Å². The van der Waals surface area contributed by atoms with Crippen LogP contribution < -0.4 is 4.74 Å². The number of amidine groups is 1. The summed E-state index contributed by atoms with van der Waals surface area (Å²) in [6.45, 7) is 0.806. The van der Waals surface area contributed by atoms with Crippen LogP contribution in [0.1, 0.15) is 24.6 Å². The van der Waals surface area contributed by atoms with E-state index in [1.165, 1.54) is 7.11 Å². The van der Waals surface area contributed by atoms with Crippen molar-refractivity contribution < 1.29 is 14.9 Å². The molecule has 0 spiro atoms. The summed E-state index contributed by atoms with van der Waals surface area (Å²) in [7, 11) is 1.48. The molecule has 0 aliphatic carbocycles. The molecule has 2 aliphatic rings. The molecule has 0 radical (unpaired) electrons. The number of hydrogen-bond acceptors (Lipinski definition) is 5. The van der Waals surface area contributed by atoms with E-state index >= 15 is 0 Å². The number of aliphatic hydroxyl groups is 1. The smallest absolute Gasteiger partial charge is 0.188 e. The van der Waals surface area contributed by atoms with E-state index in [4.69, 9.17) is 4.74 Å². The van der Waals surface area contributed by atoms with Crippen LogP contribution in [0.15, 0.2) is 15.5 Å². The van der Waals surface area contributed by atoms with E-state index in [1.807, 2.05) is 4.90 Å². The van der Waals surface area contributed by atoms with Crippen molar-refractivity contribution in [1.29, 1.82) is 0 Å². The fourth-order valence-corrected chi connectivity index (χ4v) is 2.92. The third kappa shape index (κ3) is 1.52. The van der Waals surface area contributed by atoms with Crippen LogP contribution in [0, 0.1) is 0 Å². The van der Waals surface area contributed by atoms with Gasteiger partial charge in [-0.05, 0) is 28.4 Å². The van der Waals surface area contributed by atoms with Crippen molar-refractivity contribution in [2.24, 2.45) is 4.99 Å². The Morgan fingerprint density at radius 1 is 1.56 bits per heavy atom. The SMILES string of the molecule is COc1c(O)c(Br)cc2c1N=C1CCCN1C2O. The number of methoxy groups -OCH3 is 1. The number of aliphatic hydroxyl groups excluding tert-OH is 1. The fraction of sp³-hybridized carbons (Fsp3) is 0.417. The zero-order chi connectivity index (χ0) is 12.9. The molecule has 1 unspecified atom stereocenters. The first-order chi connectivity index (χ1) is 8.63. The minimum Gasteiger partial charge on any atom is -0.503 e. The first-order valence-corrected chi connectivity index (χ1v) is 6.54. The summed E-state index contributed by atoms with van der Waals surface area (Å²) in [5, 5.41) is 20.3. The third-order valence-corrected chi connectivity index (χ3v) is 3.97. The van der Waals surface area contributed by atoms with Crippen molar-refractivity contribution in [3.63, 3.8) is 0 Å². The number of phenols is 1. The van der Waals surface area contributed by atoms with Gasteiger partial charge in [0.2, 0.25) is 0 Å². The number of hydrogen-bond donors (Lipinski definition) is 2. The number of ether oxygens (including phenoxy) is 1. The van der Waals surface area contributed by atoms with Gasteiger partial charge in [-0.25, -0.2) is 4.99 Å². The molecule has 1 aromatic rings. The largest absolute Gasteiger partial charge is 0.503 e. The van der Waals surface area contributed by atoms with Gasteiger partial charge in [0.05, 0.1) is 11.6 Å². The number of halogens is 1. The molecule has 0 bridgehead atoms. The van der Waals surface area contributed by atoms with Crippen LogP contribution in [-0.2, 0) is 0 Å². The number of phenolic OH excluding ortho intramolecular Hbond substituents is 1. The maximum Gasteiger partial charge on any atom is 0.188 e. The Balaban J connectivity index is 2.24. The molecule has 2 heterocycles. The Kier molecular flexibility index (Phi) is 2.71. The van der Waals surface area contributed by atoms with Gasteiger partial charge in [0.25, 0.3) is 0 Å². The summed E-state index contributed by atoms with van der Waals surface area (Å²) in [5.41, 5.74) is 1.18. The Bertz CT molecular complexity index is 545. The molecule has 96 valence electrons. The molecule has 2 aliphatic heterocycles. The number of aromatic hydroxyl groups is 1. The molecule has 0 amide bonds. The highest BCUT2D eigenvalue weighted by Gasteiger charge is 2.34. The molecule has 2 N–H and O–H groups in total. The number of benzene rings is 1. The lowest BCUT2D eigenvalue weighted by molar-refractivity contribution is 0.0572. The van der Waals surface area contributed by atoms with E-state index in [-0.39, 0.29) is 5.75 Å². The summed E-state index contributed by atoms with van der Waals surface area (Å²) >= 11 is 3.26. The van der Waals surface area contributed by atoms with Crippen LogP contribution in [0.3, 0.4) is 0 Å². The molecule has 3 rings (SSSR count). The molecule has 1 aromatic carbocycles. The molecular formula is C12H13BrN2O3. The van der Waals surface area contributed by atoms with Gasteiger partial charge in [-0.2, -0.15) is 0 Å². The maximum absolute atomic E-state index is 10.4. The third-order valence-electron chi connectivity index (χ3n) is 3.36. The van der Waals surface area contributed by atoms with E-state index in [2.05, 4.69) is 20.9 Å². The van der Waals surface area contributed by atoms with E-state index in [9.17, 15) is 10.2 Å². The van der Waals surface area contributed by atoms with Crippen LogP contribution in [0.2, 0.25) is 0 Å². The van der Waals surface area contributed by atoms with E-state index < -0.39 is 6.23 Å². The van der Waals surface area contributed by atoms with Crippen molar-refractivity contribution in [2.75, 3.05) is 13.7 Å². The van der Waals surface area contributed by atoms with Crippen LogP contribution in [0.4, 0.5) is 5.69 Å². The number of nitrogens with zero attached hydrogens (tertiary/aromatic N) is 2. The average molecular weight is 313 g/mol. The van der Waals surface area contributed by atoms with Gasteiger partial charge in [-0.1, -0.05) is 0 Å². The molecule has 0 saturated carbocycles. The van der Waals surface area contributed by atoms with Crippen LogP contribution in [0.25, 0.3) is 0 Å². The molecule has 1 fully saturated rings. The number of fused-ring (bicyclic) bond motifs is 2. The van der Waals surface area contributed by atoms with Crippen molar-refractivity contribution in [3.8, 4) is 11.5 Å². The van der Waals surface area contributed by atoms with Gasteiger partial charge in [0.1, 0.15) is 11.5 Å². The second kappa shape index (κ2) is 4.13. The van der Waals surface area contributed by atoms with Crippen molar-refractivity contribution >= 4 is 27.5 Å². The molecule has 6 heteroatoms. The summed E-state index contributed by atoms with van der Waals surface area (Å²) in [4.78, 5) is 6.39. The highest BCUT2D eigenvalue weighted by Crippen LogP contribution is 2.49. The second-order valence-corrected chi connectivity index (χ2v) is 5.23. The summed E-state index contributed by atoms with van der Waals surface area (Å²) in [5.74, 6) is 1.17. The van der Waals surface area contributed by atoms with Gasteiger partial charge in [0.15, 0.2) is 17.7 Å². The summed E-state index contributed by atoms with van der Waals surface area (Å²) in [6.07, 6.45) is 1.11. The number of rotatable bonds is 1. The quantitative estimate of drug-likeness (QED) is 0.835. The first-order valence-electron chi connectivity index (χ1n) is 5.75. The summed E-state index contributed by atoms with van der Waals surface area (Å²) < 4.78 is 5.70. The van der Waals surface area contributed by atoms with Crippen LogP contribution >= 0.6 is 15.9 Å². The van der Waals surface area contributed by atoms with E-state index in [1.54, 1.807) is 6.07 Å². The lowest BCUT2D eigenvalue weighted by Crippen LogP contribution is -2.32. The van der Waals surface area contributed by atoms with Crippen molar-refractivity contribution in [3.05, 3.63) is 16.1 Å². The first kappa shape index (κ1) is 11.8. The fourth-order valence-electron chi connectivity index (χ4n) is 2.49. The topological polar surface area (TPSA) is 65.3 Å². The molecular weight excluding hydrogens is 300 g/mol. The van der Waals surface area contributed by atoms with E-state index in [0.717, 1.165) is 25.2 Å². The molecule has 0 aromatic heterocycles. The second-order valence-electron chi connectivity index (χ2n) is 4.38. The molecule has 1 atom stereocenters. The Morgan fingerprint density at radius 3 is 3.06 bits per heavy atom. The molecule has 1 saturated heterocycles. The lowest BCUT2D eigenvalue weighted by atomic mass is 10.1. The van der Waals surface area contributed by atoms with Gasteiger partial charge in [-0.3, -0.25) is 0 Å². The molecule has 5 nitrogen and oxygen atoms in total. The Labute approximate surface area is 113 Å². The summed E-state index contributed by atoms with van der Waals surface area (Å²) in [6, 6.07) is 1.69.